The molecule has 1 aromatic heterocycles. The van der Waals surface area contributed by atoms with Gasteiger partial charge >= 0.3 is 5.63 Å². The van der Waals surface area contributed by atoms with Crippen LogP contribution in [0.1, 0.15) is 21.5 Å². The first-order valence-electron chi connectivity index (χ1n) is 9.32. The van der Waals surface area contributed by atoms with E-state index < -0.39 is 5.63 Å². The van der Waals surface area contributed by atoms with Crippen LogP contribution in [0.3, 0.4) is 0 Å². The van der Waals surface area contributed by atoms with Crippen molar-refractivity contribution >= 4 is 38.5 Å². The maximum absolute atomic E-state index is 12.9. The highest BCUT2D eigenvalue weighted by Gasteiger charge is 2.14. The van der Waals surface area contributed by atoms with Crippen LogP contribution in [-0.4, -0.2) is 5.91 Å². The van der Waals surface area contributed by atoms with Gasteiger partial charge in [0.2, 0.25) is 0 Å². The van der Waals surface area contributed by atoms with E-state index in [1.165, 1.54) is 6.07 Å². The van der Waals surface area contributed by atoms with Crippen molar-refractivity contribution in [3.63, 3.8) is 0 Å². The fourth-order valence-corrected chi connectivity index (χ4v) is 3.55. The van der Waals surface area contributed by atoms with Crippen LogP contribution in [0.2, 0.25) is 0 Å². The molecule has 1 amide bonds. The number of halogens is 1. The topological polar surface area (TPSA) is 68.5 Å². The Bertz CT molecular complexity index is 1300. The molecule has 0 bridgehead atoms. The summed E-state index contributed by atoms with van der Waals surface area (Å²) in [5.74, 6) is 0.168. The average Bonchev–Trinajstić information content (AvgIpc) is 2.73. The van der Waals surface area contributed by atoms with E-state index in [1.807, 2.05) is 43.3 Å². The molecule has 0 atom stereocenters. The van der Waals surface area contributed by atoms with Crippen LogP contribution in [0, 0.1) is 6.92 Å². The number of benzene rings is 3. The van der Waals surface area contributed by atoms with E-state index in [0.717, 1.165) is 21.0 Å². The van der Waals surface area contributed by atoms with Gasteiger partial charge in [-0.1, -0.05) is 46.3 Å². The molecule has 0 aliphatic heterocycles. The highest BCUT2D eigenvalue weighted by molar-refractivity contribution is 9.10. The molecule has 5 nitrogen and oxygen atoms in total. The molecule has 0 unspecified atom stereocenters. The number of rotatable bonds is 5. The highest BCUT2D eigenvalue weighted by atomic mass is 79.9. The molecule has 150 valence electrons. The first-order valence-corrected chi connectivity index (χ1v) is 10.1. The van der Waals surface area contributed by atoms with Crippen LogP contribution in [-0.2, 0) is 6.61 Å². The Morgan fingerprint density at radius 1 is 1.03 bits per heavy atom. The second-order valence-electron chi connectivity index (χ2n) is 6.79. The van der Waals surface area contributed by atoms with Gasteiger partial charge in [-0.15, -0.1) is 0 Å². The minimum atomic E-state index is -0.422. The van der Waals surface area contributed by atoms with E-state index in [9.17, 15) is 9.59 Å². The molecule has 1 heterocycles. The molecule has 6 heteroatoms. The molecule has 1 N–H and O–H groups in total. The lowest BCUT2D eigenvalue weighted by Crippen LogP contribution is -2.13. The molecule has 0 saturated carbocycles. The number of hydrogen-bond acceptors (Lipinski definition) is 4. The highest BCUT2D eigenvalue weighted by Crippen LogP contribution is 2.25. The van der Waals surface area contributed by atoms with Crippen molar-refractivity contribution in [3.05, 3.63) is 104 Å². The Morgan fingerprint density at radius 3 is 2.63 bits per heavy atom. The Balaban J connectivity index is 1.56. The maximum Gasteiger partial charge on any atom is 0.336 e. The summed E-state index contributed by atoms with van der Waals surface area (Å²) in [5.41, 5.74) is 2.75. The molecule has 0 saturated heterocycles. The van der Waals surface area contributed by atoms with Gasteiger partial charge in [0, 0.05) is 33.2 Å². The number of para-hydroxylation sites is 1. The predicted molar refractivity (Wildman–Crippen MR) is 120 cm³/mol. The number of aryl methyl sites for hydroxylation is 1. The van der Waals surface area contributed by atoms with Crippen LogP contribution in [0.25, 0.3) is 11.0 Å². The normalized spacial score (nSPS) is 10.7. The van der Waals surface area contributed by atoms with Gasteiger partial charge in [-0.3, -0.25) is 4.79 Å². The van der Waals surface area contributed by atoms with Crippen LogP contribution in [0.4, 0.5) is 5.69 Å². The quantitative estimate of drug-likeness (QED) is 0.385. The first-order chi connectivity index (χ1) is 14.5. The van der Waals surface area contributed by atoms with Gasteiger partial charge in [-0.05, 0) is 42.8 Å². The molecule has 4 aromatic rings. The van der Waals surface area contributed by atoms with Crippen molar-refractivity contribution in [3.8, 4) is 5.75 Å². The number of nitrogens with one attached hydrogen (secondary N) is 1. The summed E-state index contributed by atoms with van der Waals surface area (Å²) in [7, 11) is 0. The number of anilines is 1. The van der Waals surface area contributed by atoms with E-state index >= 15 is 0 Å². The van der Waals surface area contributed by atoms with E-state index in [1.54, 1.807) is 30.3 Å². The summed E-state index contributed by atoms with van der Waals surface area (Å²) >= 11 is 3.50. The fraction of sp³-hybridized carbons (Fsp3) is 0.0833. The Labute approximate surface area is 181 Å². The number of fused-ring (bicyclic) bond motifs is 1. The lowest BCUT2D eigenvalue weighted by Gasteiger charge is -2.13. The third-order valence-electron chi connectivity index (χ3n) is 4.68. The van der Waals surface area contributed by atoms with Crippen molar-refractivity contribution in [1.29, 1.82) is 0 Å². The second-order valence-corrected chi connectivity index (χ2v) is 7.64. The first kappa shape index (κ1) is 19.9. The third kappa shape index (κ3) is 4.28. The molecular formula is C24H18BrNO4. The van der Waals surface area contributed by atoms with Gasteiger partial charge in [0.15, 0.2) is 0 Å². The zero-order valence-electron chi connectivity index (χ0n) is 16.1. The number of carbonyl (C=O) groups is 1. The number of ether oxygens (including phenoxy) is 1. The number of hydrogen-bond donors (Lipinski definition) is 1. The summed E-state index contributed by atoms with van der Waals surface area (Å²) < 4.78 is 12.1. The molecule has 0 spiro atoms. The fourth-order valence-electron chi connectivity index (χ4n) is 3.15. The van der Waals surface area contributed by atoms with Crippen LogP contribution >= 0.6 is 15.9 Å². The zero-order chi connectivity index (χ0) is 21.1. The lowest BCUT2D eigenvalue weighted by molar-refractivity contribution is 0.102. The van der Waals surface area contributed by atoms with E-state index in [2.05, 4.69) is 21.2 Å². The van der Waals surface area contributed by atoms with Crippen molar-refractivity contribution < 1.29 is 13.9 Å². The molecule has 0 aliphatic carbocycles. The van der Waals surface area contributed by atoms with E-state index in [0.29, 0.717) is 29.2 Å². The standard InChI is InChI=1S/C24H18BrNO4/c1-15-12-23(27)30-22-13-17(10-11-18(15)22)26-24(28)19-7-3-5-9-21(19)29-14-16-6-2-4-8-20(16)25/h2-13H,14H2,1H3,(H,26,28). The Morgan fingerprint density at radius 2 is 1.80 bits per heavy atom. The predicted octanol–water partition coefficient (Wildman–Crippen LogP) is 5.70. The maximum atomic E-state index is 12.9. The lowest BCUT2D eigenvalue weighted by atomic mass is 10.1. The van der Waals surface area contributed by atoms with Gasteiger partial charge in [0.25, 0.3) is 5.91 Å². The number of carbonyl (C=O) groups excluding carboxylic acids is 1. The Hall–Kier alpha value is -3.38. The van der Waals surface area contributed by atoms with Crippen molar-refractivity contribution in [2.45, 2.75) is 13.5 Å². The molecule has 0 radical (unpaired) electrons. The van der Waals surface area contributed by atoms with E-state index in [4.69, 9.17) is 9.15 Å². The molecule has 4 rings (SSSR count). The smallest absolute Gasteiger partial charge is 0.336 e. The monoisotopic (exact) mass is 463 g/mol. The second kappa shape index (κ2) is 8.55. The molecule has 0 aliphatic rings. The molecule has 3 aromatic carbocycles. The largest absolute Gasteiger partial charge is 0.488 e. The average molecular weight is 464 g/mol. The van der Waals surface area contributed by atoms with Crippen LogP contribution in [0.5, 0.6) is 5.75 Å². The van der Waals surface area contributed by atoms with Crippen LogP contribution < -0.4 is 15.7 Å². The summed E-state index contributed by atoms with van der Waals surface area (Å²) in [6.07, 6.45) is 0. The SMILES string of the molecule is Cc1cc(=O)oc2cc(NC(=O)c3ccccc3OCc3ccccc3Br)ccc12. The number of amides is 1. The van der Waals surface area contributed by atoms with Crippen LogP contribution in [0.15, 0.2) is 86.5 Å². The Kier molecular flexibility index (Phi) is 5.68. The van der Waals surface area contributed by atoms with Crippen molar-refractivity contribution in [2.24, 2.45) is 0 Å². The van der Waals surface area contributed by atoms with Gasteiger partial charge in [0.1, 0.15) is 17.9 Å². The molecular weight excluding hydrogens is 446 g/mol. The summed E-state index contributed by atoms with van der Waals surface area (Å²) in [5, 5.41) is 3.67. The van der Waals surface area contributed by atoms with Gasteiger partial charge < -0.3 is 14.5 Å². The van der Waals surface area contributed by atoms with E-state index in [-0.39, 0.29) is 5.91 Å². The molecule has 0 fully saturated rings. The summed E-state index contributed by atoms with van der Waals surface area (Å²) in [6.45, 7) is 2.17. The van der Waals surface area contributed by atoms with Gasteiger partial charge in [0.05, 0.1) is 5.56 Å². The summed E-state index contributed by atoms with van der Waals surface area (Å²) in [6, 6.07) is 21.5. The minimum Gasteiger partial charge on any atom is -0.488 e. The van der Waals surface area contributed by atoms with Crippen molar-refractivity contribution in [2.75, 3.05) is 5.32 Å². The third-order valence-corrected chi connectivity index (χ3v) is 5.46. The van der Waals surface area contributed by atoms with Gasteiger partial charge in [-0.2, -0.15) is 0 Å². The van der Waals surface area contributed by atoms with Crippen molar-refractivity contribution in [1.82, 2.24) is 0 Å². The zero-order valence-corrected chi connectivity index (χ0v) is 17.7. The minimum absolute atomic E-state index is 0.313. The summed E-state index contributed by atoms with van der Waals surface area (Å²) in [4.78, 5) is 24.5. The molecule has 30 heavy (non-hydrogen) atoms. The van der Waals surface area contributed by atoms with Gasteiger partial charge in [-0.25, -0.2) is 4.79 Å².